The molecule has 0 spiro atoms. The van der Waals surface area contributed by atoms with Gasteiger partial charge in [0.05, 0.1) is 30.8 Å². The number of hydrogen-bond acceptors (Lipinski definition) is 5. The van der Waals surface area contributed by atoms with Crippen molar-refractivity contribution in [2.75, 3.05) is 20.2 Å². The predicted molar refractivity (Wildman–Crippen MR) is 63.0 cm³/mol. The first-order valence-corrected chi connectivity index (χ1v) is 5.93. The monoisotopic (exact) mass is 269 g/mol. The molecule has 104 valence electrons. The van der Waals surface area contributed by atoms with E-state index in [1.165, 1.54) is 4.90 Å². The van der Waals surface area contributed by atoms with Gasteiger partial charge in [0.15, 0.2) is 0 Å². The number of rotatable bonds is 3. The second-order valence-electron chi connectivity index (χ2n) is 4.68. The summed E-state index contributed by atoms with van der Waals surface area (Å²) in [6.45, 7) is -0.0280. The number of amides is 3. The van der Waals surface area contributed by atoms with Gasteiger partial charge >= 0.3 is 6.03 Å². The lowest BCUT2D eigenvalue weighted by atomic mass is 9.95. The van der Waals surface area contributed by atoms with E-state index >= 15 is 0 Å². The van der Waals surface area contributed by atoms with Crippen LogP contribution in [0.4, 0.5) is 4.79 Å². The zero-order chi connectivity index (χ0) is 14.0. The molecule has 0 aliphatic carbocycles. The van der Waals surface area contributed by atoms with Crippen LogP contribution in [-0.2, 0) is 9.53 Å². The van der Waals surface area contributed by atoms with Gasteiger partial charge in [-0.15, -0.1) is 0 Å². The molecule has 0 saturated carbocycles. The third-order valence-corrected chi connectivity index (χ3v) is 3.47. The summed E-state index contributed by atoms with van der Waals surface area (Å²) in [4.78, 5) is 27.2. The van der Waals surface area contributed by atoms with Crippen molar-refractivity contribution in [3.8, 4) is 0 Å². The van der Waals surface area contributed by atoms with Crippen LogP contribution in [0.1, 0.15) is 6.42 Å². The molecule has 2 saturated heterocycles. The number of azide groups is 1. The van der Waals surface area contributed by atoms with Crippen molar-refractivity contribution >= 4 is 11.9 Å². The van der Waals surface area contributed by atoms with Crippen molar-refractivity contribution in [1.29, 1.82) is 0 Å². The number of nitrogens with one attached hydrogen (secondary N) is 1. The highest BCUT2D eigenvalue weighted by Crippen LogP contribution is 2.29. The van der Waals surface area contributed by atoms with Crippen molar-refractivity contribution < 1.29 is 19.4 Å². The zero-order valence-corrected chi connectivity index (χ0v) is 10.4. The number of ether oxygens (including phenoxy) is 1. The van der Waals surface area contributed by atoms with Gasteiger partial charge in [0, 0.05) is 18.5 Å². The van der Waals surface area contributed by atoms with E-state index in [0.717, 1.165) is 0 Å². The molecule has 0 aromatic rings. The fraction of sp³-hybridized carbons (Fsp3) is 0.800. The number of nitrogens with zero attached hydrogens (tertiary/aromatic N) is 4. The minimum Gasteiger partial charge on any atom is -0.394 e. The predicted octanol–water partition coefficient (Wildman–Crippen LogP) is -0.387. The Hall–Kier alpha value is -1.83. The molecule has 2 aliphatic heterocycles. The fourth-order valence-corrected chi connectivity index (χ4v) is 2.41. The molecule has 9 nitrogen and oxygen atoms in total. The Balaban J connectivity index is 2.08. The van der Waals surface area contributed by atoms with E-state index in [1.54, 1.807) is 7.05 Å². The zero-order valence-electron chi connectivity index (χ0n) is 10.4. The van der Waals surface area contributed by atoms with Crippen molar-refractivity contribution in [3.05, 3.63) is 10.4 Å². The molecule has 3 amide bonds. The van der Waals surface area contributed by atoms with Gasteiger partial charge in [-0.25, -0.2) is 4.79 Å². The van der Waals surface area contributed by atoms with Crippen LogP contribution in [0.3, 0.4) is 0 Å². The SMILES string of the molecule is CN1CC([C@H]2C[C@H](N=[N+]=[N-])[C@@H](CO)O2)C(=O)NC1=O. The highest BCUT2D eigenvalue weighted by molar-refractivity contribution is 5.98. The molecule has 2 fully saturated rings. The van der Waals surface area contributed by atoms with E-state index in [4.69, 9.17) is 15.4 Å². The maximum absolute atomic E-state index is 11.8. The molecule has 2 N–H and O–H groups in total. The number of carbonyl (C=O) groups is 2. The molecule has 0 bridgehead atoms. The van der Waals surface area contributed by atoms with Crippen LogP contribution in [0.2, 0.25) is 0 Å². The van der Waals surface area contributed by atoms with Gasteiger partial charge in [0.1, 0.15) is 0 Å². The number of aliphatic hydroxyl groups is 1. The first-order chi connectivity index (χ1) is 9.06. The van der Waals surface area contributed by atoms with Crippen molar-refractivity contribution in [2.45, 2.75) is 24.7 Å². The first-order valence-electron chi connectivity index (χ1n) is 5.93. The van der Waals surface area contributed by atoms with Crippen LogP contribution in [0.5, 0.6) is 0 Å². The van der Waals surface area contributed by atoms with Crippen LogP contribution in [0.15, 0.2) is 5.11 Å². The second kappa shape index (κ2) is 5.43. The maximum Gasteiger partial charge on any atom is 0.323 e. The Morgan fingerprint density at radius 1 is 1.63 bits per heavy atom. The summed E-state index contributed by atoms with van der Waals surface area (Å²) < 4.78 is 5.56. The van der Waals surface area contributed by atoms with E-state index in [9.17, 15) is 9.59 Å². The van der Waals surface area contributed by atoms with Gasteiger partial charge in [-0.05, 0) is 12.0 Å². The average Bonchev–Trinajstić information content (AvgIpc) is 2.77. The molecular formula is C10H15N5O4. The van der Waals surface area contributed by atoms with Crippen LogP contribution in [-0.4, -0.2) is 60.4 Å². The van der Waals surface area contributed by atoms with Crippen LogP contribution in [0, 0.1) is 5.92 Å². The van der Waals surface area contributed by atoms with Crippen molar-refractivity contribution in [2.24, 2.45) is 11.0 Å². The quantitative estimate of drug-likeness (QED) is 0.411. The lowest BCUT2D eigenvalue weighted by Gasteiger charge is -2.32. The lowest BCUT2D eigenvalue weighted by Crippen LogP contribution is -2.56. The number of carbonyl (C=O) groups excluding carboxylic acids is 2. The summed E-state index contributed by atoms with van der Waals surface area (Å²) in [5.74, 6) is -0.915. The molecule has 9 heteroatoms. The third-order valence-electron chi connectivity index (χ3n) is 3.47. The Kier molecular flexibility index (Phi) is 3.89. The molecule has 0 radical (unpaired) electrons. The van der Waals surface area contributed by atoms with E-state index in [2.05, 4.69) is 15.3 Å². The fourth-order valence-electron chi connectivity index (χ4n) is 2.41. The van der Waals surface area contributed by atoms with E-state index in [1.807, 2.05) is 0 Å². The van der Waals surface area contributed by atoms with Crippen molar-refractivity contribution in [3.63, 3.8) is 0 Å². The minimum atomic E-state index is -0.600. The van der Waals surface area contributed by atoms with Gasteiger partial charge in [-0.1, -0.05) is 5.11 Å². The molecule has 0 aromatic carbocycles. The van der Waals surface area contributed by atoms with E-state index in [0.29, 0.717) is 6.42 Å². The van der Waals surface area contributed by atoms with E-state index < -0.39 is 36.1 Å². The van der Waals surface area contributed by atoms with Crippen molar-refractivity contribution in [1.82, 2.24) is 10.2 Å². The molecular weight excluding hydrogens is 254 g/mol. The van der Waals surface area contributed by atoms with E-state index in [-0.39, 0.29) is 13.2 Å². The standard InChI is InChI=1S/C10H15N5O4/c1-15-3-5(9(17)12-10(15)18)7-2-6(13-14-11)8(4-16)19-7/h5-8,16H,2-4H2,1H3,(H,12,17,18)/t5?,6-,7+,8+/m0/s1. The van der Waals surface area contributed by atoms with Crippen LogP contribution < -0.4 is 5.32 Å². The topological polar surface area (TPSA) is 128 Å². The Morgan fingerprint density at radius 2 is 2.37 bits per heavy atom. The largest absolute Gasteiger partial charge is 0.394 e. The highest BCUT2D eigenvalue weighted by atomic mass is 16.5. The van der Waals surface area contributed by atoms with Gasteiger partial charge < -0.3 is 14.7 Å². The minimum absolute atomic E-state index is 0.246. The smallest absolute Gasteiger partial charge is 0.323 e. The maximum atomic E-state index is 11.8. The molecule has 4 atom stereocenters. The first kappa shape index (κ1) is 13.6. The Labute approximate surface area is 109 Å². The Morgan fingerprint density at radius 3 is 3.00 bits per heavy atom. The number of hydrogen-bond donors (Lipinski definition) is 2. The second-order valence-corrected chi connectivity index (χ2v) is 4.68. The average molecular weight is 269 g/mol. The molecule has 2 aliphatic rings. The molecule has 2 heterocycles. The summed E-state index contributed by atoms with van der Waals surface area (Å²) in [5, 5.41) is 15.0. The molecule has 2 rings (SSSR count). The number of imide groups is 1. The van der Waals surface area contributed by atoms with Crippen LogP contribution >= 0.6 is 0 Å². The summed E-state index contributed by atoms with van der Waals surface area (Å²) in [7, 11) is 1.58. The summed E-state index contributed by atoms with van der Waals surface area (Å²) >= 11 is 0. The molecule has 0 aromatic heterocycles. The number of urea groups is 1. The molecule has 19 heavy (non-hydrogen) atoms. The number of aliphatic hydroxyl groups excluding tert-OH is 1. The summed E-state index contributed by atoms with van der Waals surface area (Å²) in [5.41, 5.74) is 8.45. The molecule has 1 unspecified atom stereocenters. The summed E-state index contributed by atoms with van der Waals surface area (Å²) in [6.07, 6.45) is -0.713. The highest BCUT2D eigenvalue weighted by Gasteiger charge is 2.44. The van der Waals surface area contributed by atoms with Gasteiger partial charge in [-0.3, -0.25) is 10.1 Å². The Bertz CT molecular complexity index is 436. The summed E-state index contributed by atoms with van der Waals surface area (Å²) in [6, 6.07) is -0.930. The van der Waals surface area contributed by atoms with Gasteiger partial charge in [0.25, 0.3) is 0 Å². The lowest BCUT2D eigenvalue weighted by molar-refractivity contribution is -0.132. The van der Waals surface area contributed by atoms with Gasteiger partial charge in [0.2, 0.25) is 5.91 Å². The van der Waals surface area contributed by atoms with Crippen LogP contribution in [0.25, 0.3) is 10.4 Å². The third kappa shape index (κ3) is 2.62. The van der Waals surface area contributed by atoms with Gasteiger partial charge in [-0.2, -0.15) is 0 Å². The normalized spacial score (nSPS) is 34.9.